The fourth-order valence-electron chi connectivity index (χ4n) is 2.26. The first-order valence-electron chi connectivity index (χ1n) is 6.02. The SMILES string of the molecule is Fc1ccc2c(c1)nc(CCCCl)n2C1CC1. The number of aromatic nitrogens is 2. The number of halogens is 2. The van der Waals surface area contributed by atoms with E-state index in [4.69, 9.17) is 11.6 Å². The van der Waals surface area contributed by atoms with E-state index in [1.807, 2.05) is 6.07 Å². The predicted octanol–water partition coefficient (Wildman–Crippen LogP) is 3.68. The van der Waals surface area contributed by atoms with E-state index in [9.17, 15) is 4.39 Å². The monoisotopic (exact) mass is 252 g/mol. The van der Waals surface area contributed by atoms with Gasteiger partial charge in [0.2, 0.25) is 0 Å². The van der Waals surface area contributed by atoms with Crippen molar-refractivity contribution in [2.75, 3.05) is 5.88 Å². The zero-order valence-corrected chi connectivity index (χ0v) is 10.3. The third-order valence-electron chi connectivity index (χ3n) is 3.17. The number of aryl methyl sites for hydroxylation is 1. The summed E-state index contributed by atoms with van der Waals surface area (Å²) in [6, 6.07) is 5.42. The summed E-state index contributed by atoms with van der Waals surface area (Å²) in [4.78, 5) is 4.54. The summed E-state index contributed by atoms with van der Waals surface area (Å²) in [5.41, 5.74) is 1.82. The molecule has 3 rings (SSSR count). The maximum Gasteiger partial charge on any atom is 0.125 e. The third kappa shape index (κ3) is 2.04. The predicted molar refractivity (Wildman–Crippen MR) is 67.0 cm³/mol. The summed E-state index contributed by atoms with van der Waals surface area (Å²) in [7, 11) is 0. The van der Waals surface area contributed by atoms with Gasteiger partial charge in [-0.05, 0) is 31.4 Å². The number of alkyl halides is 1. The lowest BCUT2D eigenvalue weighted by Gasteiger charge is -2.06. The van der Waals surface area contributed by atoms with Gasteiger partial charge in [-0.1, -0.05) is 0 Å². The number of hydrogen-bond donors (Lipinski definition) is 0. The van der Waals surface area contributed by atoms with Crippen molar-refractivity contribution in [3.8, 4) is 0 Å². The van der Waals surface area contributed by atoms with Crippen LogP contribution in [0, 0.1) is 5.82 Å². The molecule has 17 heavy (non-hydrogen) atoms. The van der Waals surface area contributed by atoms with Crippen LogP contribution >= 0.6 is 11.6 Å². The van der Waals surface area contributed by atoms with Crippen molar-refractivity contribution in [2.45, 2.75) is 31.7 Å². The first-order valence-corrected chi connectivity index (χ1v) is 6.55. The quantitative estimate of drug-likeness (QED) is 0.759. The Morgan fingerprint density at radius 1 is 1.41 bits per heavy atom. The molecular weight excluding hydrogens is 239 g/mol. The normalized spacial score (nSPS) is 15.6. The summed E-state index contributed by atoms with van der Waals surface area (Å²) in [5.74, 6) is 1.47. The van der Waals surface area contributed by atoms with Crippen LogP contribution in [0.4, 0.5) is 4.39 Å². The zero-order chi connectivity index (χ0) is 11.8. The van der Waals surface area contributed by atoms with Crippen molar-refractivity contribution in [3.63, 3.8) is 0 Å². The van der Waals surface area contributed by atoms with Crippen LogP contribution in [0.15, 0.2) is 18.2 Å². The van der Waals surface area contributed by atoms with Gasteiger partial charge in [-0.2, -0.15) is 0 Å². The van der Waals surface area contributed by atoms with Gasteiger partial charge in [0.1, 0.15) is 11.6 Å². The molecule has 2 nitrogen and oxygen atoms in total. The second-order valence-electron chi connectivity index (χ2n) is 4.55. The molecule has 0 unspecified atom stereocenters. The molecule has 0 bridgehead atoms. The number of nitrogens with zero attached hydrogens (tertiary/aromatic N) is 2. The zero-order valence-electron chi connectivity index (χ0n) is 9.50. The van der Waals surface area contributed by atoms with Crippen molar-refractivity contribution >= 4 is 22.6 Å². The van der Waals surface area contributed by atoms with E-state index >= 15 is 0 Å². The lowest BCUT2D eigenvalue weighted by atomic mass is 10.3. The standard InChI is InChI=1S/C13H14ClFN2/c14-7-1-2-13-16-11-8-9(15)3-6-12(11)17(13)10-4-5-10/h3,6,8,10H,1-2,4-5,7H2. The highest BCUT2D eigenvalue weighted by molar-refractivity contribution is 6.17. The van der Waals surface area contributed by atoms with Crippen LogP contribution in [0.1, 0.15) is 31.1 Å². The van der Waals surface area contributed by atoms with E-state index in [2.05, 4.69) is 9.55 Å². The average molecular weight is 253 g/mol. The highest BCUT2D eigenvalue weighted by Gasteiger charge is 2.27. The second kappa shape index (κ2) is 4.30. The Morgan fingerprint density at radius 2 is 2.24 bits per heavy atom. The second-order valence-corrected chi connectivity index (χ2v) is 4.93. The molecule has 1 heterocycles. The van der Waals surface area contributed by atoms with Crippen LogP contribution in [0.3, 0.4) is 0 Å². The van der Waals surface area contributed by atoms with E-state index in [0.29, 0.717) is 11.9 Å². The van der Waals surface area contributed by atoms with Crippen molar-refractivity contribution in [2.24, 2.45) is 0 Å². The van der Waals surface area contributed by atoms with Crippen LogP contribution in [-0.2, 0) is 6.42 Å². The smallest absolute Gasteiger partial charge is 0.125 e. The van der Waals surface area contributed by atoms with Gasteiger partial charge in [0.15, 0.2) is 0 Å². The Kier molecular flexibility index (Phi) is 2.79. The molecule has 1 aromatic heterocycles. The van der Waals surface area contributed by atoms with Crippen molar-refractivity contribution in [1.29, 1.82) is 0 Å². The Balaban J connectivity index is 2.09. The van der Waals surface area contributed by atoms with Gasteiger partial charge in [0.05, 0.1) is 11.0 Å². The maximum absolute atomic E-state index is 13.2. The van der Waals surface area contributed by atoms with Gasteiger partial charge < -0.3 is 4.57 Å². The number of imidazole rings is 1. The maximum atomic E-state index is 13.2. The summed E-state index contributed by atoms with van der Waals surface area (Å²) >= 11 is 5.73. The van der Waals surface area contributed by atoms with E-state index in [-0.39, 0.29) is 5.82 Å². The molecule has 1 aromatic carbocycles. The van der Waals surface area contributed by atoms with Gasteiger partial charge in [0.25, 0.3) is 0 Å². The summed E-state index contributed by atoms with van der Waals surface area (Å²) in [6.07, 6.45) is 4.20. The van der Waals surface area contributed by atoms with Crippen LogP contribution in [0.5, 0.6) is 0 Å². The Bertz CT molecular complexity index is 546. The molecule has 1 saturated carbocycles. The van der Waals surface area contributed by atoms with Gasteiger partial charge in [-0.15, -0.1) is 11.6 Å². The lowest BCUT2D eigenvalue weighted by molar-refractivity contribution is 0.629. The molecule has 1 aliphatic rings. The third-order valence-corrected chi connectivity index (χ3v) is 3.44. The van der Waals surface area contributed by atoms with Crippen molar-refractivity contribution < 1.29 is 4.39 Å². The van der Waals surface area contributed by atoms with E-state index in [1.165, 1.54) is 25.0 Å². The largest absolute Gasteiger partial charge is 0.325 e. The van der Waals surface area contributed by atoms with Gasteiger partial charge >= 0.3 is 0 Å². The van der Waals surface area contributed by atoms with Gasteiger partial charge in [-0.25, -0.2) is 9.37 Å². The number of rotatable bonds is 4. The number of hydrogen-bond acceptors (Lipinski definition) is 1. The van der Waals surface area contributed by atoms with E-state index in [0.717, 1.165) is 29.7 Å². The van der Waals surface area contributed by atoms with Crippen LogP contribution in [0.25, 0.3) is 11.0 Å². The van der Waals surface area contributed by atoms with Crippen molar-refractivity contribution in [1.82, 2.24) is 9.55 Å². The molecule has 1 aliphatic carbocycles. The Hall–Kier alpha value is -1.09. The molecule has 0 N–H and O–H groups in total. The van der Waals surface area contributed by atoms with Crippen LogP contribution in [-0.4, -0.2) is 15.4 Å². The fraction of sp³-hybridized carbons (Fsp3) is 0.462. The molecule has 0 spiro atoms. The Morgan fingerprint density at radius 3 is 2.94 bits per heavy atom. The molecule has 0 aliphatic heterocycles. The summed E-state index contributed by atoms with van der Waals surface area (Å²) < 4.78 is 15.4. The number of benzene rings is 1. The minimum Gasteiger partial charge on any atom is -0.325 e. The van der Waals surface area contributed by atoms with E-state index < -0.39 is 0 Å². The molecule has 2 aromatic rings. The minimum atomic E-state index is -0.221. The molecule has 90 valence electrons. The molecular formula is C13H14ClFN2. The lowest BCUT2D eigenvalue weighted by Crippen LogP contribution is -2.01. The first-order chi connectivity index (χ1) is 8.29. The molecule has 0 saturated heterocycles. The highest BCUT2D eigenvalue weighted by atomic mass is 35.5. The first kappa shape index (κ1) is 11.0. The van der Waals surface area contributed by atoms with Crippen LogP contribution in [0.2, 0.25) is 0 Å². The molecule has 0 radical (unpaired) electrons. The van der Waals surface area contributed by atoms with E-state index in [1.54, 1.807) is 0 Å². The van der Waals surface area contributed by atoms with Crippen LogP contribution < -0.4 is 0 Å². The highest BCUT2D eigenvalue weighted by Crippen LogP contribution is 2.39. The number of fused-ring (bicyclic) bond motifs is 1. The Labute approximate surface area is 104 Å². The summed E-state index contributed by atoms with van der Waals surface area (Å²) in [6.45, 7) is 0. The molecule has 1 fully saturated rings. The molecule has 0 amide bonds. The van der Waals surface area contributed by atoms with Gasteiger partial charge in [-0.3, -0.25) is 0 Å². The summed E-state index contributed by atoms with van der Waals surface area (Å²) in [5, 5.41) is 0. The topological polar surface area (TPSA) is 17.8 Å². The van der Waals surface area contributed by atoms with Gasteiger partial charge in [0, 0.05) is 24.4 Å². The fourth-order valence-corrected chi connectivity index (χ4v) is 2.40. The molecule has 0 atom stereocenters. The average Bonchev–Trinajstić information content (AvgIpc) is 3.08. The minimum absolute atomic E-state index is 0.221. The van der Waals surface area contributed by atoms with Crippen molar-refractivity contribution in [3.05, 3.63) is 29.8 Å². The molecule has 4 heteroatoms.